The molecule has 0 aromatic carbocycles. The Morgan fingerprint density at radius 1 is 1.36 bits per heavy atom. The Kier molecular flexibility index (Phi) is 7.97. The molecule has 5 atom stereocenters. The van der Waals surface area contributed by atoms with Gasteiger partial charge in [-0.05, 0) is 25.3 Å². The number of carboxylic acids is 1. The predicted octanol–water partition coefficient (Wildman–Crippen LogP) is 3.41. The summed E-state index contributed by atoms with van der Waals surface area (Å²) in [4.78, 5) is 10.5. The van der Waals surface area contributed by atoms with Crippen molar-refractivity contribution in [2.45, 2.75) is 83.0 Å². The summed E-state index contributed by atoms with van der Waals surface area (Å²) in [7, 11) is 0. The Hall–Kier alpha value is -1.33. The first-order chi connectivity index (χ1) is 12.0. The second-order valence-corrected chi connectivity index (χ2v) is 7.31. The number of rotatable bonds is 10. The highest BCUT2D eigenvalue weighted by Crippen LogP contribution is 2.45. The molecule has 5 heteroatoms. The fraction of sp³-hybridized carbons (Fsp3) is 0.750. The van der Waals surface area contributed by atoms with Crippen molar-refractivity contribution in [3.63, 3.8) is 0 Å². The molecule has 0 spiro atoms. The van der Waals surface area contributed by atoms with Crippen molar-refractivity contribution in [1.29, 1.82) is 0 Å². The van der Waals surface area contributed by atoms with Gasteiger partial charge in [0.15, 0.2) is 0 Å². The summed E-state index contributed by atoms with van der Waals surface area (Å²) in [5, 5.41) is 29.0. The van der Waals surface area contributed by atoms with Crippen LogP contribution in [0.25, 0.3) is 0 Å². The molecule has 1 aliphatic heterocycles. The van der Waals surface area contributed by atoms with Gasteiger partial charge in [-0.2, -0.15) is 0 Å². The van der Waals surface area contributed by atoms with E-state index in [0.717, 1.165) is 37.9 Å². The van der Waals surface area contributed by atoms with Crippen LogP contribution in [0.2, 0.25) is 0 Å². The van der Waals surface area contributed by atoms with Gasteiger partial charge in [0.25, 0.3) is 0 Å². The van der Waals surface area contributed by atoms with Crippen LogP contribution in [0.4, 0.5) is 0 Å². The molecule has 0 unspecified atom stereocenters. The lowest BCUT2D eigenvalue weighted by molar-refractivity contribution is -0.137. The smallest absolute Gasteiger partial charge is 0.303 e. The van der Waals surface area contributed by atoms with Crippen LogP contribution in [-0.2, 0) is 9.53 Å². The average molecular weight is 352 g/mol. The quantitative estimate of drug-likeness (QED) is 0.414. The molecule has 142 valence electrons. The SMILES string of the molecule is CCCCC[C@H](O)/C=C/[C@@H]1[C@H]2CC(=CCCCC(=O)O)O[C@H]2C[C@H]1O. The van der Waals surface area contributed by atoms with Gasteiger partial charge >= 0.3 is 5.97 Å². The first kappa shape index (κ1) is 20.0. The molecule has 1 aliphatic carbocycles. The standard InChI is InChI=1S/C20H32O5/c1-2-3-4-7-14(21)10-11-16-17-12-15(8-5-6-9-20(23)24)25-19(17)13-18(16)22/h8,10-11,14,16-19,21-22H,2-7,9,12-13H2,1H3,(H,23,24)/b11-10+,15-8?/t14-,16+,17+,18+,19-/m0/s1. The third-order valence-corrected chi connectivity index (χ3v) is 5.26. The molecule has 1 saturated heterocycles. The summed E-state index contributed by atoms with van der Waals surface area (Å²) in [6.07, 6.45) is 12.0. The molecule has 25 heavy (non-hydrogen) atoms. The molecule has 5 nitrogen and oxygen atoms in total. The zero-order valence-corrected chi connectivity index (χ0v) is 15.1. The lowest BCUT2D eigenvalue weighted by Gasteiger charge is -2.16. The van der Waals surface area contributed by atoms with E-state index in [-0.39, 0.29) is 24.4 Å². The molecule has 1 saturated carbocycles. The fourth-order valence-corrected chi connectivity index (χ4v) is 3.86. The minimum atomic E-state index is -0.770. The van der Waals surface area contributed by atoms with Gasteiger partial charge in [-0.25, -0.2) is 0 Å². The van der Waals surface area contributed by atoms with Crippen LogP contribution in [0.15, 0.2) is 24.0 Å². The van der Waals surface area contributed by atoms with Crippen molar-refractivity contribution in [3.8, 4) is 0 Å². The number of aliphatic carboxylic acids is 1. The fourth-order valence-electron chi connectivity index (χ4n) is 3.86. The summed E-state index contributed by atoms with van der Waals surface area (Å²) in [5.74, 6) is 0.429. The predicted molar refractivity (Wildman–Crippen MR) is 96.0 cm³/mol. The van der Waals surface area contributed by atoms with E-state index < -0.39 is 18.2 Å². The highest BCUT2D eigenvalue weighted by atomic mass is 16.5. The zero-order chi connectivity index (χ0) is 18.2. The van der Waals surface area contributed by atoms with Crippen LogP contribution >= 0.6 is 0 Å². The lowest BCUT2D eigenvalue weighted by atomic mass is 9.90. The topological polar surface area (TPSA) is 87.0 Å². The normalized spacial score (nSPS) is 31.4. The molecule has 0 radical (unpaired) electrons. The maximum Gasteiger partial charge on any atom is 0.303 e. The summed E-state index contributed by atoms with van der Waals surface area (Å²) in [6.45, 7) is 2.14. The average Bonchev–Trinajstić information content (AvgIpc) is 3.06. The molecule has 2 fully saturated rings. The molecule has 0 aromatic rings. The van der Waals surface area contributed by atoms with Gasteiger partial charge in [0.1, 0.15) is 6.10 Å². The lowest BCUT2D eigenvalue weighted by Crippen LogP contribution is -2.18. The van der Waals surface area contributed by atoms with E-state index in [1.165, 1.54) is 0 Å². The van der Waals surface area contributed by atoms with Gasteiger partial charge in [-0.15, -0.1) is 0 Å². The second kappa shape index (κ2) is 9.97. The number of allylic oxidation sites excluding steroid dienone is 2. The van der Waals surface area contributed by atoms with E-state index in [9.17, 15) is 15.0 Å². The summed E-state index contributed by atoms with van der Waals surface area (Å²) in [5.41, 5.74) is 0. The maximum absolute atomic E-state index is 10.5. The number of unbranched alkanes of at least 4 members (excludes halogenated alkanes) is 3. The van der Waals surface area contributed by atoms with Gasteiger partial charge in [-0.3, -0.25) is 4.79 Å². The van der Waals surface area contributed by atoms with Gasteiger partial charge in [0.05, 0.1) is 18.0 Å². The van der Waals surface area contributed by atoms with Crippen molar-refractivity contribution in [2.75, 3.05) is 0 Å². The number of carbonyl (C=O) groups is 1. The molecule has 0 amide bonds. The number of carboxylic acid groups (broad SMARTS) is 1. The highest BCUT2D eigenvalue weighted by molar-refractivity contribution is 5.66. The minimum absolute atomic E-state index is 0.0238. The summed E-state index contributed by atoms with van der Waals surface area (Å²) >= 11 is 0. The van der Waals surface area contributed by atoms with Gasteiger partial charge in [0.2, 0.25) is 0 Å². The zero-order valence-electron chi connectivity index (χ0n) is 15.1. The van der Waals surface area contributed by atoms with E-state index in [1.54, 1.807) is 0 Å². The van der Waals surface area contributed by atoms with E-state index in [4.69, 9.17) is 9.84 Å². The first-order valence-corrected chi connectivity index (χ1v) is 9.63. The molecule has 1 heterocycles. The molecule has 0 aromatic heterocycles. The maximum atomic E-state index is 10.5. The van der Waals surface area contributed by atoms with Crippen LogP contribution in [0, 0.1) is 11.8 Å². The molecule has 2 rings (SSSR count). The Morgan fingerprint density at radius 3 is 2.88 bits per heavy atom. The number of aliphatic hydroxyl groups is 2. The van der Waals surface area contributed by atoms with Crippen molar-refractivity contribution >= 4 is 5.97 Å². The number of hydrogen-bond donors (Lipinski definition) is 3. The van der Waals surface area contributed by atoms with Crippen LogP contribution < -0.4 is 0 Å². The molecule has 0 bridgehead atoms. The Bertz CT molecular complexity index is 484. The minimum Gasteiger partial charge on any atom is -0.495 e. The molecular formula is C20H32O5. The number of fused-ring (bicyclic) bond motifs is 1. The van der Waals surface area contributed by atoms with E-state index in [1.807, 2.05) is 18.2 Å². The summed E-state index contributed by atoms with van der Waals surface area (Å²) < 4.78 is 5.94. The second-order valence-electron chi connectivity index (χ2n) is 7.31. The van der Waals surface area contributed by atoms with Crippen LogP contribution in [0.5, 0.6) is 0 Å². The third-order valence-electron chi connectivity index (χ3n) is 5.26. The highest BCUT2D eigenvalue weighted by Gasteiger charge is 2.46. The summed E-state index contributed by atoms with van der Waals surface area (Å²) in [6, 6.07) is 0. The van der Waals surface area contributed by atoms with E-state index in [2.05, 4.69) is 6.92 Å². The number of hydrogen-bond acceptors (Lipinski definition) is 4. The molecule has 3 N–H and O–H groups in total. The van der Waals surface area contributed by atoms with Crippen LogP contribution in [0.3, 0.4) is 0 Å². The van der Waals surface area contributed by atoms with Gasteiger partial charge < -0.3 is 20.1 Å². The Labute approximate surface area is 150 Å². The largest absolute Gasteiger partial charge is 0.495 e. The van der Waals surface area contributed by atoms with Crippen molar-refractivity contribution < 1.29 is 24.9 Å². The van der Waals surface area contributed by atoms with Gasteiger partial charge in [0, 0.05) is 31.1 Å². The molecule has 2 aliphatic rings. The Balaban J connectivity index is 1.83. The monoisotopic (exact) mass is 352 g/mol. The van der Waals surface area contributed by atoms with E-state index in [0.29, 0.717) is 19.3 Å². The molecular weight excluding hydrogens is 320 g/mol. The number of ether oxygens (including phenoxy) is 1. The number of aliphatic hydroxyl groups excluding tert-OH is 2. The first-order valence-electron chi connectivity index (χ1n) is 9.63. The van der Waals surface area contributed by atoms with Crippen LogP contribution in [0.1, 0.15) is 64.7 Å². The van der Waals surface area contributed by atoms with Gasteiger partial charge in [-0.1, -0.05) is 38.3 Å². The third kappa shape index (κ3) is 6.15. The van der Waals surface area contributed by atoms with Crippen molar-refractivity contribution in [2.24, 2.45) is 11.8 Å². The Morgan fingerprint density at radius 2 is 2.16 bits per heavy atom. The van der Waals surface area contributed by atoms with E-state index >= 15 is 0 Å². The van der Waals surface area contributed by atoms with Crippen molar-refractivity contribution in [1.82, 2.24) is 0 Å². The van der Waals surface area contributed by atoms with Crippen molar-refractivity contribution in [3.05, 3.63) is 24.0 Å². The van der Waals surface area contributed by atoms with Crippen LogP contribution in [-0.4, -0.2) is 39.6 Å².